The highest BCUT2D eigenvalue weighted by atomic mass is 31.2. The third kappa shape index (κ3) is 3.11. The minimum Gasteiger partial charge on any atom is -0.309 e. The van der Waals surface area contributed by atoms with Crippen molar-refractivity contribution in [1.82, 2.24) is 9.38 Å². The SMILES string of the molecule is O=P(c1ccccc1)(c1ccccc1)c1cccc2nc3c4c5ccccc5ccc4c4ccccc4n3c12. The third-order valence-corrected chi connectivity index (χ3v) is 10.9. The molecule has 0 unspecified atom stereocenters. The zero-order valence-electron chi connectivity index (χ0n) is 21.0. The molecular formula is C35H23N2OP. The van der Waals surface area contributed by atoms with E-state index in [0.717, 1.165) is 54.3 Å². The lowest BCUT2D eigenvalue weighted by molar-refractivity contribution is 0.592. The minimum absolute atomic E-state index is 0.801. The molecule has 8 aromatic rings. The molecule has 0 saturated carbocycles. The molecule has 0 bridgehead atoms. The van der Waals surface area contributed by atoms with Crippen molar-refractivity contribution in [1.29, 1.82) is 0 Å². The lowest BCUT2D eigenvalue weighted by atomic mass is 10.00. The summed E-state index contributed by atoms with van der Waals surface area (Å²) in [7, 11) is -3.24. The van der Waals surface area contributed by atoms with Crippen LogP contribution < -0.4 is 15.9 Å². The Morgan fingerprint density at radius 3 is 1.92 bits per heavy atom. The fourth-order valence-corrected chi connectivity index (χ4v) is 8.95. The van der Waals surface area contributed by atoms with Crippen molar-refractivity contribution < 1.29 is 4.57 Å². The topological polar surface area (TPSA) is 34.4 Å². The molecule has 0 aliphatic rings. The summed E-state index contributed by atoms with van der Waals surface area (Å²) >= 11 is 0. The van der Waals surface area contributed by atoms with E-state index in [2.05, 4.69) is 65.1 Å². The van der Waals surface area contributed by atoms with Gasteiger partial charge in [0.15, 0.2) is 7.14 Å². The number of aromatic nitrogens is 2. The number of benzene rings is 6. The quantitative estimate of drug-likeness (QED) is 0.178. The van der Waals surface area contributed by atoms with E-state index >= 15 is 4.57 Å². The molecule has 3 nitrogen and oxygen atoms in total. The molecule has 0 N–H and O–H groups in total. The normalized spacial score (nSPS) is 12.2. The molecule has 0 fully saturated rings. The van der Waals surface area contributed by atoms with Crippen LogP contribution in [0.1, 0.15) is 0 Å². The first-order chi connectivity index (χ1) is 19.2. The number of fused-ring (bicyclic) bond motifs is 10. The second kappa shape index (κ2) is 8.39. The van der Waals surface area contributed by atoms with Gasteiger partial charge < -0.3 is 4.57 Å². The predicted molar refractivity (Wildman–Crippen MR) is 165 cm³/mol. The molecule has 2 aromatic heterocycles. The van der Waals surface area contributed by atoms with E-state index in [1.807, 2.05) is 78.9 Å². The van der Waals surface area contributed by atoms with E-state index in [4.69, 9.17) is 4.98 Å². The van der Waals surface area contributed by atoms with Gasteiger partial charge in [-0.25, -0.2) is 4.98 Å². The Bertz CT molecular complexity index is 2210. The Balaban J connectivity index is 1.63. The fraction of sp³-hybridized carbons (Fsp3) is 0. The van der Waals surface area contributed by atoms with Crippen LogP contribution in [0.4, 0.5) is 0 Å². The summed E-state index contributed by atoms with van der Waals surface area (Å²) in [5.41, 5.74) is 3.67. The summed E-state index contributed by atoms with van der Waals surface area (Å²) in [6.45, 7) is 0. The Morgan fingerprint density at radius 1 is 0.538 bits per heavy atom. The smallest absolute Gasteiger partial charge is 0.173 e. The van der Waals surface area contributed by atoms with Crippen molar-refractivity contribution in [2.75, 3.05) is 0 Å². The largest absolute Gasteiger partial charge is 0.309 e. The highest BCUT2D eigenvalue weighted by Crippen LogP contribution is 2.45. The summed E-state index contributed by atoms with van der Waals surface area (Å²) in [4.78, 5) is 5.25. The van der Waals surface area contributed by atoms with Gasteiger partial charge in [0.1, 0.15) is 5.65 Å². The summed E-state index contributed by atoms with van der Waals surface area (Å²) in [5, 5.41) is 8.20. The Labute approximate surface area is 225 Å². The average Bonchev–Trinajstić information content (AvgIpc) is 3.41. The van der Waals surface area contributed by atoms with E-state index in [9.17, 15) is 0 Å². The summed E-state index contributed by atoms with van der Waals surface area (Å²) in [6, 6.07) is 47.1. The minimum atomic E-state index is -3.24. The zero-order valence-corrected chi connectivity index (χ0v) is 21.9. The van der Waals surface area contributed by atoms with Crippen molar-refractivity contribution in [3.8, 4) is 0 Å². The molecule has 184 valence electrons. The Morgan fingerprint density at radius 2 is 1.18 bits per heavy atom. The molecule has 0 spiro atoms. The number of rotatable bonds is 3. The standard InChI is InChI=1S/C35H23N2OP/c38-39(25-13-3-1-4-14-25,26-15-5-2-6-16-26)32-21-11-19-30-34(32)37-31-20-10-9-18-28(31)29-23-22-24-12-7-8-17-27(24)33(29)35(37)36-30/h1-23H. The lowest BCUT2D eigenvalue weighted by Crippen LogP contribution is -2.26. The maximum atomic E-state index is 15.5. The van der Waals surface area contributed by atoms with Crippen LogP contribution in [0.15, 0.2) is 140 Å². The molecule has 0 amide bonds. The molecule has 8 rings (SSSR count). The van der Waals surface area contributed by atoms with Gasteiger partial charge in [-0.3, -0.25) is 4.40 Å². The van der Waals surface area contributed by atoms with Gasteiger partial charge in [0.05, 0.1) is 16.6 Å². The van der Waals surface area contributed by atoms with Crippen molar-refractivity contribution in [2.45, 2.75) is 0 Å². The second-order valence-electron chi connectivity index (χ2n) is 9.92. The monoisotopic (exact) mass is 518 g/mol. The summed E-state index contributed by atoms with van der Waals surface area (Å²) < 4.78 is 17.8. The van der Waals surface area contributed by atoms with Crippen LogP contribution in [0.5, 0.6) is 0 Å². The molecule has 0 radical (unpaired) electrons. The van der Waals surface area contributed by atoms with Crippen LogP contribution in [0.2, 0.25) is 0 Å². The highest BCUT2D eigenvalue weighted by molar-refractivity contribution is 7.85. The molecule has 0 atom stereocenters. The molecule has 39 heavy (non-hydrogen) atoms. The number of nitrogens with zero attached hydrogens (tertiary/aromatic N) is 2. The van der Waals surface area contributed by atoms with Crippen LogP contribution in [0, 0.1) is 0 Å². The predicted octanol–water partition coefficient (Wildman–Crippen LogP) is 7.59. The maximum Gasteiger partial charge on any atom is 0.173 e. The van der Waals surface area contributed by atoms with Gasteiger partial charge in [-0.1, -0.05) is 121 Å². The lowest BCUT2D eigenvalue weighted by Gasteiger charge is -2.21. The molecule has 0 saturated heterocycles. The number of hydrogen-bond acceptors (Lipinski definition) is 2. The first-order valence-electron chi connectivity index (χ1n) is 13.1. The third-order valence-electron chi connectivity index (χ3n) is 7.82. The van der Waals surface area contributed by atoms with Gasteiger partial charge in [0.2, 0.25) is 0 Å². The van der Waals surface area contributed by atoms with E-state index in [1.165, 1.54) is 10.8 Å². The highest BCUT2D eigenvalue weighted by Gasteiger charge is 2.33. The van der Waals surface area contributed by atoms with Crippen molar-refractivity contribution in [3.05, 3.63) is 140 Å². The van der Waals surface area contributed by atoms with Crippen molar-refractivity contribution in [2.24, 2.45) is 0 Å². The Kier molecular flexibility index (Phi) is 4.79. The van der Waals surface area contributed by atoms with Crippen LogP contribution in [0.25, 0.3) is 49.1 Å². The van der Waals surface area contributed by atoms with Crippen LogP contribution in [0.3, 0.4) is 0 Å². The van der Waals surface area contributed by atoms with Gasteiger partial charge in [-0.15, -0.1) is 0 Å². The van der Waals surface area contributed by atoms with Crippen LogP contribution >= 0.6 is 7.14 Å². The maximum absolute atomic E-state index is 15.5. The summed E-state index contributed by atoms with van der Waals surface area (Å²) in [6.07, 6.45) is 0. The summed E-state index contributed by atoms with van der Waals surface area (Å²) in [5.74, 6) is 0. The van der Waals surface area contributed by atoms with Crippen molar-refractivity contribution >= 4 is 72.2 Å². The molecule has 0 aliphatic heterocycles. The van der Waals surface area contributed by atoms with Gasteiger partial charge >= 0.3 is 0 Å². The Hall–Kier alpha value is -4.72. The number of para-hydroxylation sites is 2. The van der Waals surface area contributed by atoms with E-state index < -0.39 is 7.14 Å². The fourth-order valence-electron chi connectivity index (χ4n) is 6.10. The van der Waals surface area contributed by atoms with Crippen molar-refractivity contribution in [3.63, 3.8) is 0 Å². The second-order valence-corrected chi connectivity index (χ2v) is 12.7. The van der Waals surface area contributed by atoms with E-state index in [-0.39, 0.29) is 0 Å². The van der Waals surface area contributed by atoms with E-state index in [0.29, 0.717) is 0 Å². The average molecular weight is 519 g/mol. The van der Waals surface area contributed by atoms with Gasteiger partial charge in [-0.05, 0) is 34.4 Å². The van der Waals surface area contributed by atoms with E-state index in [1.54, 1.807) is 0 Å². The number of hydrogen-bond donors (Lipinski definition) is 0. The molecule has 6 aromatic carbocycles. The molecular weight excluding hydrogens is 495 g/mol. The molecule has 0 aliphatic carbocycles. The number of imidazole rings is 1. The molecule has 4 heteroatoms. The van der Waals surface area contributed by atoms with Crippen LogP contribution in [-0.4, -0.2) is 9.38 Å². The van der Waals surface area contributed by atoms with Gasteiger partial charge in [-0.2, -0.15) is 0 Å². The number of pyridine rings is 1. The first kappa shape index (κ1) is 22.3. The van der Waals surface area contributed by atoms with Crippen LogP contribution in [-0.2, 0) is 4.57 Å². The molecule has 2 heterocycles. The zero-order chi connectivity index (χ0) is 26.0. The van der Waals surface area contributed by atoms with Gasteiger partial charge in [0, 0.05) is 26.7 Å². The first-order valence-corrected chi connectivity index (χ1v) is 14.8. The van der Waals surface area contributed by atoms with Gasteiger partial charge in [0.25, 0.3) is 0 Å².